The lowest BCUT2D eigenvalue weighted by Crippen LogP contribution is -2.48. The van der Waals surface area contributed by atoms with Crippen LogP contribution in [0.3, 0.4) is 0 Å². The lowest BCUT2D eigenvalue weighted by Gasteiger charge is -2.39. The lowest BCUT2D eigenvalue weighted by atomic mass is 9.83. The van der Waals surface area contributed by atoms with Gasteiger partial charge in [0.25, 0.3) is 0 Å². The van der Waals surface area contributed by atoms with E-state index in [0.29, 0.717) is 17.9 Å². The molecule has 25 heavy (non-hydrogen) atoms. The van der Waals surface area contributed by atoms with Gasteiger partial charge in [-0.15, -0.1) is 11.8 Å². The Hall–Kier alpha value is -1.45. The zero-order valence-electron chi connectivity index (χ0n) is 14.9. The molecule has 1 N–H and O–H groups in total. The molecule has 1 saturated heterocycles. The molecule has 3 heteroatoms. The minimum absolute atomic E-state index is 0.593. The highest BCUT2D eigenvalue weighted by molar-refractivity contribution is 8.05. The highest BCUT2D eigenvalue weighted by Gasteiger charge is 2.45. The minimum Gasteiger partial charge on any atom is -0.360 e. The van der Waals surface area contributed by atoms with Gasteiger partial charge in [0.05, 0.1) is 11.7 Å². The van der Waals surface area contributed by atoms with Crippen LogP contribution < -0.4 is 5.32 Å². The van der Waals surface area contributed by atoms with Gasteiger partial charge >= 0.3 is 0 Å². The number of rotatable bonds is 2. The minimum atomic E-state index is 0.593. The van der Waals surface area contributed by atoms with Crippen LogP contribution in [0.2, 0.25) is 0 Å². The summed E-state index contributed by atoms with van der Waals surface area (Å²) in [6.45, 7) is 5.69. The van der Waals surface area contributed by atoms with Crippen LogP contribution in [-0.2, 0) is 6.42 Å². The Labute approximate surface area is 155 Å². The maximum atomic E-state index is 3.73. The molecule has 130 valence electrons. The Morgan fingerprint density at radius 2 is 2.12 bits per heavy atom. The second-order valence-corrected chi connectivity index (χ2v) is 8.77. The summed E-state index contributed by atoms with van der Waals surface area (Å²) in [5.74, 6) is 1.36. The van der Waals surface area contributed by atoms with Crippen molar-refractivity contribution in [1.82, 2.24) is 10.2 Å². The monoisotopic (exact) mass is 350 g/mol. The van der Waals surface area contributed by atoms with Gasteiger partial charge in [-0.2, -0.15) is 0 Å². The predicted octanol–water partition coefficient (Wildman–Crippen LogP) is 4.33. The van der Waals surface area contributed by atoms with Gasteiger partial charge in [0, 0.05) is 24.5 Å². The molecule has 0 bridgehead atoms. The Kier molecular flexibility index (Phi) is 4.02. The molecule has 2 nitrogen and oxygen atoms in total. The van der Waals surface area contributed by atoms with Crippen LogP contribution in [0.1, 0.15) is 25.3 Å². The van der Waals surface area contributed by atoms with Gasteiger partial charge in [0.1, 0.15) is 0 Å². The van der Waals surface area contributed by atoms with E-state index in [1.165, 1.54) is 24.8 Å². The van der Waals surface area contributed by atoms with Crippen LogP contribution >= 0.6 is 11.8 Å². The Morgan fingerprint density at radius 1 is 1.24 bits per heavy atom. The fraction of sp³-hybridized carbons (Fsp3) is 0.455. The van der Waals surface area contributed by atoms with E-state index < -0.39 is 0 Å². The van der Waals surface area contributed by atoms with Crippen LogP contribution in [-0.4, -0.2) is 30.6 Å². The van der Waals surface area contributed by atoms with E-state index in [9.17, 15) is 0 Å². The molecule has 3 unspecified atom stereocenters. The van der Waals surface area contributed by atoms with E-state index in [-0.39, 0.29) is 0 Å². The van der Waals surface area contributed by atoms with Crippen molar-refractivity contribution in [3.05, 3.63) is 69.1 Å². The van der Waals surface area contributed by atoms with Gasteiger partial charge in [-0.05, 0) is 53.2 Å². The number of hydrogen-bond donors (Lipinski definition) is 1. The molecule has 0 spiro atoms. The molecule has 0 saturated carbocycles. The molecule has 4 aliphatic rings. The van der Waals surface area contributed by atoms with Crippen molar-refractivity contribution in [1.29, 1.82) is 0 Å². The largest absolute Gasteiger partial charge is 0.360 e. The lowest BCUT2D eigenvalue weighted by molar-refractivity contribution is 0.222. The van der Waals surface area contributed by atoms with E-state index in [2.05, 4.69) is 59.0 Å². The second kappa shape index (κ2) is 6.37. The maximum absolute atomic E-state index is 3.73. The molecule has 0 amide bonds. The third-order valence-corrected chi connectivity index (χ3v) is 7.44. The zero-order valence-corrected chi connectivity index (χ0v) is 15.7. The quantitative estimate of drug-likeness (QED) is 0.854. The molecule has 3 aliphatic heterocycles. The summed E-state index contributed by atoms with van der Waals surface area (Å²) in [4.78, 5) is 4.37. The first-order valence-corrected chi connectivity index (χ1v) is 10.5. The topological polar surface area (TPSA) is 15.3 Å². The van der Waals surface area contributed by atoms with Gasteiger partial charge in [-0.25, -0.2) is 0 Å². The molecular weight excluding hydrogens is 324 g/mol. The molecule has 1 fully saturated rings. The summed E-state index contributed by atoms with van der Waals surface area (Å²) in [6.07, 6.45) is 6.11. The highest BCUT2D eigenvalue weighted by atomic mass is 32.2. The van der Waals surface area contributed by atoms with Crippen molar-refractivity contribution in [3.63, 3.8) is 0 Å². The van der Waals surface area contributed by atoms with Gasteiger partial charge < -0.3 is 10.2 Å². The summed E-state index contributed by atoms with van der Waals surface area (Å²) < 4.78 is 0. The average Bonchev–Trinajstić information content (AvgIpc) is 2.80. The molecule has 0 aromatic heterocycles. The van der Waals surface area contributed by atoms with Crippen molar-refractivity contribution in [2.75, 3.05) is 19.6 Å². The number of benzene rings is 1. The third kappa shape index (κ3) is 2.60. The van der Waals surface area contributed by atoms with E-state index in [1.54, 1.807) is 21.7 Å². The van der Waals surface area contributed by atoms with Crippen LogP contribution in [0.4, 0.5) is 0 Å². The SMILES string of the molecule is CC1CCC2=C3CNCC(Cc4ccccc4)C3N3CC=CSC1=C23. The summed E-state index contributed by atoms with van der Waals surface area (Å²) >= 11 is 1.98. The summed E-state index contributed by atoms with van der Waals surface area (Å²) in [6, 6.07) is 11.6. The molecule has 1 aliphatic carbocycles. The summed E-state index contributed by atoms with van der Waals surface area (Å²) in [5, 5.41) is 6.06. The molecule has 3 heterocycles. The van der Waals surface area contributed by atoms with Crippen molar-refractivity contribution >= 4 is 11.8 Å². The number of nitrogens with zero attached hydrogens (tertiary/aromatic N) is 1. The van der Waals surface area contributed by atoms with Gasteiger partial charge in [0.2, 0.25) is 0 Å². The molecule has 3 atom stereocenters. The standard InChI is InChI=1S/C22H26N2S/c1-15-8-9-18-19-14-23-13-17(12-16-6-3-2-4-7-16)20(19)24-10-5-11-25-22(15)21(18)24/h2-7,11,15,17,20,23H,8-10,12-14H2,1H3. The van der Waals surface area contributed by atoms with Gasteiger partial charge in [0.15, 0.2) is 0 Å². The van der Waals surface area contributed by atoms with Crippen LogP contribution in [0.25, 0.3) is 0 Å². The first-order chi connectivity index (χ1) is 12.3. The number of piperidine rings is 1. The van der Waals surface area contributed by atoms with Gasteiger partial charge in [-0.1, -0.05) is 43.3 Å². The Morgan fingerprint density at radius 3 is 3.00 bits per heavy atom. The van der Waals surface area contributed by atoms with Crippen molar-refractivity contribution in [2.45, 2.75) is 32.2 Å². The van der Waals surface area contributed by atoms with E-state index >= 15 is 0 Å². The fourth-order valence-corrected chi connectivity index (χ4v) is 6.17. The Balaban J connectivity index is 1.55. The number of thioether (sulfide) groups is 1. The van der Waals surface area contributed by atoms with Crippen molar-refractivity contribution in [2.24, 2.45) is 11.8 Å². The molecule has 0 radical (unpaired) electrons. The van der Waals surface area contributed by atoms with E-state index in [0.717, 1.165) is 19.6 Å². The molecule has 1 aromatic carbocycles. The van der Waals surface area contributed by atoms with Crippen molar-refractivity contribution < 1.29 is 0 Å². The smallest absolute Gasteiger partial charge is 0.0568 e. The van der Waals surface area contributed by atoms with Crippen LogP contribution in [0, 0.1) is 11.8 Å². The normalized spacial score (nSPS) is 31.1. The Bertz CT molecular complexity index is 761. The number of hydrogen-bond acceptors (Lipinski definition) is 3. The molecular formula is C22H26N2S. The predicted molar refractivity (Wildman–Crippen MR) is 106 cm³/mol. The number of nitrogens with one attached hydrogen (secondary N) is 1. The fourth-order valence-electron chi connectivity index (χ4n) is 5.14. The first kappa shape index (κ1) is 15.8. The van der Waals surface area contributed by atoms with E-state index in [4.69, 9.17) is 0 Å². The first-order valence-electron chi connectivity index (χ1n) is 9.62. The molecule has 5 rings (SSSR count). The number of allylic oxidation sites excluding steroid dienone is 2. The maximum Gasteiger partial charge on any atom is 0.0568 e. The summed E-state index contributed by atoms with van der Waals surface area (Å²) in [7, 11) is 0. The average molecular weight is 351 g/mol. The van der Waals surface area contributed by atoms with Crippen molar-refractivity contribution in [3.8, 4) is 0 Å². The van der Waals surface area contributed by atoms with Crippen LogP contribution in [0.15, 0.2) is 63.6 Å². The van der Waals surface area contributed by atoms with Gasteiger partial charge in [-0.3, -0.25) is 0 Å². The highest BCUT2D eigenvalue weighted by Crippen LogP contribution is 2.51. The summed E-state index contributed by atoms with van der Waals surface area (Å²) in [5.41, 5.74) is 6.45. The van der Waals surface area contributed by atoms with E-state index in [1.807, 2.05) is 11.8 Å². The zero-order chi connectivity index (χ0) is 16.8. The second-order valence-electron chi connectivity index (χ2n) is 7.82. The molecule has 1 aromatic rings. The van der Waals surface area contributed by atoms with Crippen LogP contribution in [0.5, 0.6) is 0 Å². The third-order valence-electron chi connectivity index (χ3n) is 6.26. The number of fused-ring (bicyclic) bond motifs is 2.